The molecular weight excluding hydrogens is 378 g/mol. The molecule has 1 aromatic heterocycles. The molecule has 0 aliphatic rings. The largest absolute Gasteiger partial charge is 0.213 e. The molecule has 1 heterocycles. The topological polar surface area (TPSA) is 38.7 Å². The normalized spacial score (nSPS) is 10.7. The molecule has 3 nitrogen and oxygen atoms in total. The number of aryl methyl sites for hydroxylation is 1. The molecule has 0 amide bonds. The van der Waals surface area contributed by atoms with Gasteiger partial charge in [-0.3, -0.25) is 0 Å². The molecule has 5 aromatic rings. The molecule has 0 saturated carbocycles. The van der Waals surface area contributed by atoms with Crippen LogP contribution < -0.4 is 0 Å². The Morgan fingerprint density at radius 3 is 1.55 bits per heavy atom. The van der Waals surface area contributed by atoms with E-state index in [0.717, 1.165) is 22.3 Å². The zero-order valence-corrected chi connectivity index (χ0v) is 17.2. The predicted octanol–water partition coefficient (Wildman–Crippen LogP) is 6.85. The second-order valence-corrected chi connectivity index (χ2v) is 7.38. The molecule has 0 N–H and O–H groups in total. The van der Waals surface area contributed by atoms with Crippen LogP contribution >= 0.6 is 0 Å². The lowest BCUT2D eigenvalue weighted by molar-refractivity contribution is 0.992. The predicted molar refractivity (Wildman–Crippen MR) is 126 cm³/mol. The third-order valence-corrected chi connectivity index (χ3v) is 5.25. The van der Waals surface area contributed by atoms with Crippen molar-refractivity contribution in [1.82, 2.24) is 15.0 Å². The molecular formula is C28H21N3. The van der Waals surface area contributed by atoms with Crippen molar-refractivity contribution in [2.24, 2.45) is 0 Å². The summed E-state index contributed by atoms with van der Waals surface area (Å²) in [6.45, 7) is 1.91. The molecule has 0 fully saturated rings. The Hall–Kier alpha value is -4.11. The van der Waals surface area contributed by atoms with Crippen LogP contribution in [0.2, 0.25) is 0 Å². The van der Waals surface area contributed by atoms with Gasteiger partial charge in [0.15, 0.2) is 11.6 Å². The summed E-state index contributed by atoms with van der Waals surface area (Å²) in [6, 6.07) is 37.3. The Bertz CT molecular complexity index is 1310. The molecule has 148 valence electrons. The lowest BCUT2D eigenvalue weighted by atomic mass is 9.99. The van der Waals surface area contributed by atoms with E-state index in [2.05, 4.69) is 82.8 Å². The molecule has 3 heteroatoms. The van der Waals surface area contributed by atoms with Crippen LogP contribution in [-0.4, -0.2) is 15.0 Å². The molecule has 0 atom stereocenters. The fraction of sp³-hybridized carbons (Fsp3) is 0.0357. The van der Waals surface area contributed by atoms with Gasteiger partial charge >= 0.3 is 0 Å². The standard InChI is InChI=1S/C28H21N3/c1-20-29-27(24-18-16-22(17-19-24)21-10-4-2-5-11-21)31-28(30-20)26-15-9-8-14-25(26)23-12-6-3-7-13-23/h2-19H,1H3. The van der Waals surface area contributed by atoms with E-state index < -0.39 is 0 Å². The Morgan fingerprint density at radius 1 is 0.387 bits per heavy atom. The maximum atomic E-state index is 4.84. The minimum atomic E-state index is 0.685. The smallest absolute Gasteiger partial charge is 0.164 e. The molecule has 0 aliphatic carbocycles. The highest BCUT2D eigenvalue weighted by molar-refractivity contribution is 5.81. The van der Waals surface area contributed by atoms with Gasteiger partial charge in [0.2, 0.25) is 0 Å². The van der Waals surface area contributed by atoms with Gasteiger partial charge in [-0.25, -0.2) is 15.0 Å². The van der Waals surface area contributed by atoms with Gasteiger partial charge in [-0.1, -0.05) is 109 Å². The van der Waals surface area contributed by atoms with Gasteiger partial charge in [0.05, 0.1) is 0 Å². The highest BCUT2D eigenvalue weighted by Gasteiger charge is 2.13. The fourth-order valence-corrected chi connectivity index (χ4v) is 3.72. The third-order valence-electron chi connectivity index (χ3n) is 5.25. The zero-order valence-electron chi connectivity index (χ0n) is 17.2. The summed E-state index contributed by atoms with van der Waals surface area (Å²) in [5.41, 5.74) is 6.59. The SMILES string of the molecule is Cc1nc(-c2ccc(-c3ccccc3)cc2)nc(-c2ccccc2-c2ccccc2)n1. The van der Waals surface area contributed by atoms with Gasteiger partial charge in [-0.05, 0) is 29.2 Å². The van der Waals surface area contributed by atoms with Crippen molar-refractivity contribution in [1.29, 1.82) is 0 Å². The van der Waals surface area contributed by atoms with E-state index in [4.69, 9.17) is 4.98 Å². The summed E-state index contributed by atoms with van der Waals surface area (Å²) in [7, 11) is 0. The van der Waals surface area contributed by atoms with Crippen LogP contribution in [-0.2, 0) is 0 Å². The summed E-state index contributed by atoms with van der Waals surface area (Å²) >= 11 is 0. The monoisotopic (exact) mass is 399 g/mol. The fourth-order valence-electron chi connectivity index (χ4n) is 3.72. The van der Waals surface area contributed by atoms with Crippen LogP contribution in [0.3, 0.4) is 0 Å². The summed E-state index contributed by atoms with van der Waals surface area (Å²) in [5, 5.41) is 0. The first-order valence-electron chi connectivity index (χ1n) is 10.3. The number of benzene rings is 4. The van der Waals surface area contributed by atoms with Crippen LogP contribution in [0, 0.1) is 6.92 Å². The number of nitrogens with zero attached hydrogens (tertiary/aromatic N) is 3. The van der Waals surface area contributed by atoms with Crippen molar-refractivity contribution >= 4 is 0 Å². The molecule has 0 spiro atoms. The Kier molecular flexibility index (Phi) is 5.07. The highest BCUT2D eigenvalue weighted by atomic mass is 15.0. The van der Waals surface area contributed by atoms with Crippen molar-refractivity contribution in [2.45, 2.75) is 6.92 Å². The molecule has 0 bridgehead atoms. The van der Waals surface area contributed by atoms with Gasteiger partial charge in [0.1, 0.15) is 5.82 Å². The minimum Gasteiger partial charge on any atom is -0.213 e. The first kappa shape index (κ1) is 18.9. The number of hydrogen-bond acceptors (Lipinski definition) is 3. The van der Waals surface area contributed by atoms with Crippen molar-refractivity contribution in [3.63, 3.8) is 0 Å². The summed E-state index contributed by atoms with van der Waals surface area (Å²) in [6.07, 6.45) is 0. The van der Waals surface area contributed by atoms with Crippen LogP contribution in [0.1, 0.15) is 5.82 Å². The van der Waals surface area contributed by atoms with Crippen LogP contribution in [0.25, 0.3) is 45.0 Å². The number of hydrogen-bond donors (Lipinski definition) is 0. The first-order valence-corrected chi connectivity index (χ1v) is 10.3. The van der Waals surface area contributed by atoms with Crippen LogP contribution in [0.4, 0.5) is 0 Å². The second-order valence-electron chi connectivity index (χ2n) is 7.38. The van der Waals surface area contributed by atoms with Gasteiger partial charge in [0.25, 0.3) is 0 Å². The lowest BCUT2D eigenvalue weighted by Crippen LogP contribution is -2.00. The minimum absolute atomic E-state index is 0.685. The molecule has 0 saturated heterocycles. The van der Waals surface area contributed by atoms with E-state index in [-0.39, 0.29) is 0 Å². The van der Waals surface area contributed by atoms with Crippen LogP contribution in [0.5, 0.6) is 0 Å². The molecule has 31 heavy (non-hydrogen) atoms. The molecule has 4 aromatic carbocycles. The van der Waals surface area contributed by atoms with Crippen molar-refractivity contribution in [3.8, 4) is 45.0 Å². The number of aromatic nitrogens is 3. The number of rotatable bonds is 4. The first-order chi connectivity index (χ1) is 15.3. The highest BCUT2D eigenvalue weighted by Crippen LogP contribution is 2.31. The van der Waals surface area contributed by atoms with Gasteiger partial charge < -0.3 is 0 Å². The Balaban J connectivity index is 1.56. The van der Waals surface area contributed by atoms with E-state index in [1.165, 1.54) is 11.1 Å². The maximum Gasteiger partial charge on any atom is 0.164 e. The van der Waals surface area contributed by atoms with Crippen molar-refractivity contribution in [2.75, 3.05) is 0 Å². The molecule has 0 aliphatic heterocycles. The molecule has 0 unspecified atom stereocenters. The quantitative estimate of drug-likeness (QED) is 0.332. The van der Waals surface area contributed by atoms with E-state index in [1.807, 2.05) is 43.3 Å². The Morgan fingerprint density at radius 2 is 0.871 bits per heavy atom. The van der Waals surface area contributed by atoms with E-state index >= 15 is 0 Å². The second kappa shape index (κ2) is 8.33. The maximum absolute atomic E-state index is 4.84. The average Bonchev–Trinajstić information content (AvgIpc) is 2.85. The molecule has 5 rings (SSSR count). The van der Waals surface area contributed by atoms with E-state index in [1.54, 1.807) is 0 Å². The van der Waals surface area contributed by atoms with Crippen molar-refractivity contribution < 1.29 is 0 Å². The van der Waals surface area contributed by atoms with Crippen molar-refractivity contribution in [3.05, 3.63) is 115 Å². The lowest BCUT2D eigenvalue weighted by Gasteiger charge is -2.11. The summed E-state index contributed by atoms with van der Waals surface area (Å²) in [4.78, 5) is 14.1. The van der Waals surface area contributed by atoms with E-state index in [0.29, 0.717) is 17.5 Å². The summed E-state index contributed by atoms with van der Waals surface area (Å²) < 4.78 is 0. The van der Waals surface area contributed by atoms with Gasteiger partial charge in [-0.15, -0.1) is 0 Å². The van der Waals surface area contributed by atoms with E-state index in [9.17, 15) is 0 Å². The Labute approximate surface area is 182 Å². The average molecular weight is 399 g/mol. The molecule has 0 radical (unpaired) electrons. The van der Waals surface area contributed by atoms with Gasteiger partial charge in [-0.2, -0.15) is 0 Å². The summed E-state index contributed by atoms with van der Waals surface area (Å²) in [5.74, 6) is 2.08. The van der Waals surface area contributed by atoms with Gasteiger partial charge in [0, 0.05) is 11.1 Å². The zero-order chi connectivity index (χ0) is 21.0. The van der Waals surface area contributed by atoms with Crippen LogP contribution in [0.15, 0.2) is 109 Å². The third kappa shape index (κ3) is 3.99.